The second-order valence-electron chi connectivity index (χ2n) is 13.7. The molecule has 0 radical (unpaired) electrons. The van der Waals surface area contributed by atoms with Gasteiger partial charge in [-0.05, 0) is 74.3 Å². The molecule has 10 rings (SSSR count). The molecule has 0 bridgehead atoms. The molecule has 0 saturated heterocycles. The van der Waals surface area contributed by atoms with Crippen molar-refractivity contribution < 1.29 is 0 Å². The van der Waals surface area contributed by atoms with Crippen LogP contribution in [0.5, 0.6) is 0 Å². The number of rotatable bonds is 4. The monoisotopic (exact) mass is 643 g/mol. The Kier molecular flexibility index (Phi) is 6.16. The van der Waals surface area contributed by atoms with Gasteiger partial charge in [0.05, 0.1) is 11.4 Å². The predicted octanol–water partition coefficient (Wildman–Crippen LogP) is 13.8. The normalized spacial score (nSPS) is 13.3. The molecule has 0 atom stereocenters. The average molecular weight is 644 g/mol. The molecule has 1 aromatic heterocycles. The third-order valence-electron chi connectivity index (χ3n) is 10.6. The Morgan fingerprint density at radius 3 is 2.04 bits per heavy atom. The first-order valence-electron chi connectivity index (χ1n) is 17.0. The molecule has 8 aromatic carbocycles. The van der Waals surface area contributed by atoms with Crippen LogP contribution in [-0.4, -0.2) is 0 Å². The number of hydrogen-bond donors (Lipinski definition) is 0. The van der Waals surface area contributed by atoms with E-state index in [9.17, 15) is 0 Å². The minimum Gasteiger partial charge on any atom is -0.309 e. The highest BCUT2D eigenvalue weighted by Gasteiger charge is 2.38. The zero-order chi connectivity index (χ0) is 32.7. The van der Waals surface area contributed by atoms with Crippen LogP contribution in [0, 0.1) is 0 Å². The van der Waals surface area contributed by atoms with E-state index in [0.717, 1.165) is 5.69 Å². The molecule has 0 aliphatic heterocycles. The van der Waals surface area contributed by atoms with E-state index in [4.69, 9.17) is 0 Å². The van der Waals surface area contributed by atoms with Crippen molar-refractivity contribution in [3.05, 3.63) is 175 Å². The first kappa shape index (κ1) is 28.3. The molecule has 0 fully saturated rings. The lowest BCUT2D eigenvalue weighted by Gasteiger charge is -2.31. The van der Waals surface area contributed by atoms with Crippen molar-refractivity contribution in [2.24, 2.45) is 0 Å². The molecule has 0 spiro atoms. The molecule has 2 heteroatoms. The lowest BCUT2D eigenvalue weighted by molar-refractivity contribution is 0.660. The zero-order valence-electron chi connectivity index (χ0n) is 27.4. The highest BCUT2D eigenvalue weighted by molar-refractivity contribution is 7.26. The van der Waals surface area contributed by atoms with Gasteiger partial charge >= 0.3 is 0 Å². The maximum atomic E-state index is 2.58. The van der Waals surface area contributed by atoms with E-state index in [1.807, 2.05) is 11.3 Å². The second-order valence-corrected chi connectivity index (χ2v) is 14.8. The molecule has 1 aliphatic rings. The molecule has 232 valence electrons. The van der Waals surface area contributed by atoms with Crippen LogP contribution in [0.1, 0.15) is 25.0 Å². The van der Waals surface area contributed by atoms with Gasteiger partial charge in [-0.2, -0.15) is 0 Å². The van der Waals surface area contributed by atoms with Crippen molar-refractivity contribution in [3.8, 4) is 22.3 Å². The summed E-state index contributed by atoms with van der Waals surface area (Å²) in [6.45, 7) is 4.74. The lowest BCUT2D eigenvalue weighted by atomic mass is 9.82. The van der Waals surface area contributed by atoms with Gasteiger partial charge in [-0.3, -0.25) is 0 Å². The Morgan fingerprint density at radius 1 is 0.490 bits per heavy atom. The number of thiophene rings is 1. The summed E-state index contributed by atoms with van der Waals surface area (Å²) in [6.07, 6.45) is 0. The summed E-state index contributed by atoms with van der Waals surface area (Å²) < 4.78 is 2.61. The Hall–Kier alpha value is -5.70. The van der Waals surface area contributed by atoms with Gasteiger partial charge in [0.1, 0.15) is 0 Å². The fourth-order valence-corrected chi connectivity index (χ4v) is 9.52. The van der Waals surface area contributed by atoms with Crippen molar-refractivity contribution >= 4 is 70.1 Å². The highest BCUT2D eigenvalue weighted by Crippen LogP contribution is 2.56. The molecule has 1 aliphatic carbocycles. The molecule has 9 aromatic rings. The van der Waals surface area contributed by atoms with E-state index >= 15 is 0 Å². The number of benzene rings is 8. The minimum atomic E-state index is -0.110. The summed E-state index contributed by atoms with van der Waals surface area (Å²) >= 11 is 1.89. The molecule has 1 heterocycles. The highest BCUT2D eigenvalue weighted by atomic mass is 32.1. The fourth-order valence-electron chi connectivity index (χ4n) is 8.36. The Bertz CT molecular complexity index is 2760. The standard InChI is InChI=1S/C47H33NS/c1-47(2)39-24-9-7-21-37(39)44-40(47)25-13-26-41(44)48(33-18-11-17-31(28-33)35-23-12-16-30-14-3-5-19-34(30)35)46-36-20-6-4-15-32(36)29-43-45(46)38-22-8-10-27-42(38)49-43/h3-29H,1-2H3. The molecule has 0 saturated carbocycles. The summed E-state index contributed by atoms with van der Waals surface area (Å²) in [5, 5.41) is 7.62. The topological polar surface area (TPSA) is 3.24 Å². The van der Waals surface area contributed by atoms with Crippen molar-refractivity contribution in [2.75, 3.05) is 4.90 Å². The third-order valence-corrected chi connectivity index (χ3v) is 11.7. The van der Waals surface area contributed by atoms with E-state index in [1.165, 1.54) is 86.5 Å². The smallest absolute Gasteiger partial charge is 0.0633 e. The predicted molar refractivity (Wildman–Crippen MR) is 212 cm³/mol. The first-order chi connectivity index (χ1) is 24.1. The molecule has 0 N–H and O–H groups in total. The number of nitrogens with zero attached hydrogens (tertiary/aromatic N) is 1. The molecular weight excluding hydrogens is 611 g/mol. The summed E-state index contributed by atoms with van der Waals surface area (Å²) in [5.41, 5.74) is 11.3. The molecule has 1 nitrogen and oxygen atoms in total. The minimum absolute atomic E-state index is 0.110. The Balaban J connectivity index is 1.35. The maximum Gasteiger partial charge on any atom is 0.0633 e. The van der Waals surface area contributed by atoms with Gasteiger partial charge in [0.15, 0.2) is 0 Å². The Morgan fingerprint density at radius 2 is 1.14 bits per heavy atom. The van der Waals surface area contributed by atoms with Gasteiger partial charge in [0.25, 0.3) is 0 Å². The summed E-state index contributed by atoms with van der Waals surface area (Å²) in [6, 6.07) is 60.7. The number of fused-ring (bicyclic) bond motifs is 8. The van der Waals surface area contributed by atoms with E-state index < -0.39 is 0 Å². The van der Waals surface area contributed by atoms with Gasteiger partial charge < -0.3 is 4.90 Å². The zero-order valence-corrected chi connectivity index (χ0v) is 28.3. The first-order valence-corrected chi connectivity index (χ1v) is 17.8. The van der Waals surface area contributed by atoms with E-state index in [1.54, 1.807) is 0 Å². The van der Waals surface area contributed by atoms with E-state index in [-0.39, 0.29) is 5.41 Å². The van der Waals surface area contributed by atoms with Gasteiger partial charge in [-0.15, -0.1) is 11.3 Å². The summed E-state index contributed by atoms with van der Waals surface area (Å²) in [5.74, 6) is 0. The van der Waals surface area contributed by atoms with Crippen LogP contribution in [0.2, 0.25) is 0 Å². The van der Waals surface area contributed by atoms with Crippen LogP contribution in [-0.2, 0) is 5.41 Å². The van der Waals surface area contributed by atoms with Crippen LogP contribution >= 0.6 is 11.3 Å². The van der Waals surface area contributed by atoms with Crippen LogP contribution in [0.4, 0.5) is 17.1 Å². The lowest BCUT2D eigenvalue weighted by Crippen LogP contribution is -2.16. The molecule has 49 heavy (non-hydrogen) atoms. The SMILES string of the molecule is CC1(C)c2ccccc2-c2c(N(c3cccc(-c4cccc5ccccc45)c3)c3c4ccccc4cc4sc5ccccc5c34)cccc21. The summed E-state index contributed by atoms with van der Waals surface area (Å²) in [7, 11) is 0. The van der Waals surface area contributed by atoms with E-state index in [2.05, 4.69) is 183 Å². The second kappa shape index (κ2) is 10.7. The van der Waals surface area contributed by atoms with Crippen molar-refractivity contribution in [2.45, 2.75) is 19.3 Å². The van der Waals surface area contributed by atoms with Crippen LogP contribution in [0.15, 0.2) is 164 Å². The third kappa shape index (κ3) is 4.17. The quantitative estimate of drug-likeness (QED) is 0.184. The van der Waals surface area contributed by atoms with E-state index in [0.29, 0.717) is 0 Å². The molecule has 0 unspecified atom stereocenters. The van der Waals surface area contributed by atoms with Crippen molar-refractivity contribution in [1.29, 1.82) is 0 Å². The summed E-state index contributed by atoms with van der Waals surface area (Å²) in [4.78, 5) is 2.58. The van der Waals surface area contributed by atoms with Crippen LogP contribution < -0.4 is 4.90 Å². The van der Waals surface area contributed by atoms with Gasteiger partial charge in [0.2, 0.25) is 0 Å². The number of anilines is 3. The number of hydrogen-bond acceptors (Lipinski definition) is 2. The van der Waals surface area contributed by atoms with Crippen LogP contribution in [0.25, 0.3) is 64.0 Å². The fraction of sp³-hybridized carbons (Fsp3) is 0.0638. The molecular formula is C47H33NS. The molecule has 0 amide bonds. The van der Waals surface area contributed by atoms with Crippen molar-refractivity contribution in [1.82, 2.24) is 0 Å². The van der Waals surface area contributed by atoms with Gasteiger partial charge in [-0.1, -0.05) is 147 Å². The Labute approximate surface area is 290 Å². The van der Waals surface area contributed by atoms with Crippen molar-refractivity contribution in [3.63, 3.8) is 0 Å². The maximum absolute atomic E-state index is 2.58. The average Bonchev–Trinajstić information content (AvgIpc) is 3.63. The van der Waals surface area contributed by atoms with Crippen LogP contribution in [0.3, 0.4) is 0 Å². The largest absolute Gasteiger partial charge is 0.309 e. The van der Waals surface area contributed by atoms with Gasteiger partial charge in [0, 0.05) is 42.2 Å². The van der Waals surface area contributed by atoms with Gasteiger partial charge in [-0.25, -0.2) is 0 Å².